The molecule has 2 rings (SSSR count). The minimum atomic E-state index is -0.0706. The molecule has 1 amide bonds. The quantitative estimate of drug-likeness (QED) is 0.493. The van der Waals surface area contributed by atoms with Gasteiger partial charge in [-0.1, -0.05) is 36.4 Å². The maximum absolute atomic E-state index is 11.7. The number of amides is 1. The molecule has 0 saturated heterocycles. The van der Waals surface area contributed by atoms with Gasteiger partial charge < -0.3 is 20.7 Å². The second kappa shape index (κ2) is 11.0. The molecular weight excluding hydrogens is 340 g/mol. The molecule has 2 aromatic carbocycles. The molecule has 6 heteroatoms. The molecule has 0 unspecified atom stereocenters. The fraction of sp³-hybridized carbons (Fsp3) is 0.333. The lowest BCUT2D eigenvalue weighted by Crippen LogP contribution is -2.37. The van der Waals surface area contributed by atoms with Gasteiger partial charge in [0.2, 0.25) is 0 Å². The summed E-state index contributed by atoms with van der Waals surface area (Å²) in [5.74, 6) is 0.678. The SMILES string of the molecule is CN=C(NCCc1cccc(C(=O)NC)c1)NCc1ccc(COC)cc1. The Balaban J connectivity index is 1.79. The Bertz CT molecular complexity index is 757. The first kappa shape index (κ1) is 20.5. The van der Waals surface area contributed by atoms with E-state index in [4.69, 9.17) is 4.74 Å². The largest absolute Gasteiger partial charge is 0.380 e. The molecule has 3 N–H and O–H groups in total. The number of guanidine groups is 1. The second-order valence-corrected chi connectivity index (χ2v) is 6.13. The number of hydrogen-bond donors (Lipinski definition) is 3. The third-order valence-electron chi connectivity index (χ3n) is 4.14. The van der Waals surface area contributed by atoms with Crippen LogP contribution in [-0.4, -0.2) is 39.6 Å². The van der Waals surface area contributed by atoms with Gasteiger partial charge in [-0.25, -0.2) is 0 Å². The first-order chi connectivity index (χ1) is 13.2. The molecule has 0 aliphatic carbocycles. The van der Waals surface area contributed by atoms with Crippen LogP contribution in [0.4, 0.5) is 0 Å². The Hall–Kier alpha value is -2.86. The Labute approximate surface area is 161 Å². The van der Waals surface area contributed by atoms with Crippen LogP contribution in [0.15, 0.2) is 53.5 Å². The zero-order chi connectivity index (χ0) is 19.5. The molecule has 0 aliphatic heterocycles. The van der Waals surface area contributed by atoms with Crippen LogP contribution in [0.5, 0.6) is 0 Å². The zero-order valence-electron chi connectivity index (χ0n) is 16.2. The molecule has 0 atom stereocenters. The van der Waals surface area contributed by atoms with Crippen molar-refractivity contribution in [2.45, 2.75) is 19.6 Å². The van der Waals surface area contributed by atoms with E-state index in [-0.39, 0.29) is 5.91 Å². The van der Waals surface area contributed by atoms with Crippen molar-refractivity contribution in [1.82, 2.24) is 16.0 Å². The predicted octanol–water partition coefficient (Wildman–Crippen LogP) is 2.10. The molecule has 2 aromatic rings. The fourth-order valence-corrected chi connectivity index (χ4v) is 2.66. The number of benzene rings is 2. The Morgan fingerprint density at radius 1 is 1.04 bits per heavy atom. The van der Waals surface area contributed by atoms with Crippen LogP contribution in [0.25, 0.3) is 0 Å². The monoisotopic (exact) mass is 368 g/mol. The van der Waals surface area contributed by atoms with Gasteiger partial charge in [-0.2, -0.15) is 0 Å². The molecule has 0 fully saturated rings. The van der Waals surface area contributed by atoms with E-state index in [1.807, 2.05) is 24.3 Å². The lowest BCUT2D eigenvalue weighted by Gasteiger charge is -2.12. The molecule has 0 radical (unpaired) electrons. The van der Waals surface area contributed by atoms with Crippen molar-refractivity contribution < 1.29 is 9.53 Å². The Morgan fingerprint density at radius 3 is 2.44 bits per heavy atom. The molecule has 0 aliphatic rings. The van der Waals surface area contributed by atoms with Crippen molar-refractivity contribution >= 4 is 11.9 Å². The van der Waals surface area contributed by atoms with Gasteiger partial charge in [0, 0.05) is 39.9 Å². The van der Waals surface area contributed by atoms with Crippen LogP contribution in [0.2, 0.25) is 0 Å². The molecule has 0 bridgehead atoms. The number of ether oxygens (including phenoxy) is 1. The van der Waals surface area contributed by atoms with E-state index >= 15 is 0 Å². The lowest BCUT2D eigenvalue weighted by molar-refractivity contribution is 0.0963. The van der Waals surface area contributed by atoms with Gasteiger partial charge in [0.1, 0.15) is 0 Å². The number of rotatable bonds is 8. The van der Waals surface area contributed by atoms with Gasteiger partial charge >= 0.3 is 0 Å². The topological polar surface area (TPSA) is 74.8 Å². The van der Waals surface area contributed by atoms with Gasteiger partial charge in [-0.3, -0.25) is 9.79 Å². The maximum Gasteiger partial charge on any atom is 0.251 e. The molecule has 144 valence electrons. The van der Waals surface area contributed by atoms with Gasteiger partial charge in [-0.15, -0.1) is 0 Å². The summed E-state index contributed by atoms with van der Waals surface area (Å²) < 4.78 is 5.12. The number of carbonyl (C=O) groups is 1. The van der Waals surface area contributed by atoms with E-state index in [2.05, 4.69) is 45.2 Å². The zero-order valence-corrected chi connectivity index (χ0v) is 16.2. The molecular formula is C21H28N4O2. The number of hydrogen-bond acceptors (Lipinski definition) is 3. The summed E-state index contributed by atoms with van der Waals surface area (Å²) in [5, 5.41) is 9.25. The Kier molecular flexibility index (Phi) is 8.32. The molecule has 0 heterocycles. The highest BCUT2D eigenvalue weighted by molar-refractivity contribution is 5.94. The average molecular weight is 368 g/mol. The van der Waals surface area contributed by atoms with E-state index in [9.17, 15) is 4.79 Å². The summed E-state index contributed by atoms with van der Waals surface area (Å²) in [7, 11) is 5.08. The maximum atomic E-state index is 11.7. The van der Waals surface area contributed by atoms with Gasteiger partial charge in [0.25, 0.3) is 5.91 Å². The first-order valence-corrected chi connectivity index (χ1v) is 8.98. The van der Waals surface area contributed by atoms with Crippen molar-refractivity contribution in [1.29, 1.82) is 0 Å². The van der Waals surface area contributed by atoms with Crippen LogP contribution < -0.4 is 16.0 Å². The standard InChI is InChI=1S/C21H28N4O2/c1-22-20(26)19-6-4-5-16(13-19)11-12-24-21(23-2)25-14-17-7-9-18(10-8-17)15-27-3/h4-10,13H,11-12,14-15H2,1-3H3,(H,22,26)(H2,23,24,25). The van der Waals surface area contributed by atoms with E-state index in [1.54, 1.807) is 21.2 Å². The summed E-state index contributed by atoms with van der Waals surface area (Å²) in [4.78, 5) is 16.0. The smallest absolute Gasteiger partial charge is 0.251 e. The molecule has 0 spiro atoms. The highest BCUT2D eigenvalue weighted by Crippen LogP contribution is 2.06. The lowest BCUT2D eigenvalue weighted by atomic mass is 10.1. The number of methoxy groups -OCH3 is 1. The number of nitrogens with zero attached hydrogens (tertiary/aromatic N) is 1. The highest BCUT2D eigenvalue weighted by atomic mass is 16.5. The molecule has 0 saturated carbocycles. The van der Waals surface area contributed by atoms with Gasteiger partial charge in [-0.05, 0) is 35.2 Å². The molecule has 27 heavy (non-hydrogen) atoms. The average Bonchev–Trinajstić information content (AvgIpc) is 2.71. The number of aliphatic imine (C=N–C) groups is 1. The second-order valence-electron chi connectivity index (χ2n) is 6.13. The summed E-state index contributed by atoms with van der Waals surface area (Å²) in [6.45, 7) is 2.04. The van der Waals surface area contributed by atoms with Crippen molar-refractivity contribution in [2.24, 2.45) is 4.99 Å². The van der Waals surface area contributed by atoms with Crippen molar-refractivity contribution in [3.63, 3.8) is 0 Å². The summed E-state index contributed by atoms with van der Waals surface area (Å²) in [6.07, 6.45) is 0.803. The van der Waals surface area contributed by atoms with Crippen molar-refractivity contribution in [3.05, 3.63) is 70.8 Å². The van der Waals surface area contributed by atoms with Gasteiger partial charge in [0.15, 0.2) is 5.96 Å². The van der Waals surface area contributed by atoms with Crippen molar-refractivity contribution in [3.8, 4) is 0 Å². The van der Waals surface area contributed by atoms with Crippen LogP contribution in [0.3, 0.4) is 0 Å². The molecule has 6 nitrogen and oxygen atoms in total. The van der Waals surface area contributed by atoms with Crippen LogP contribution >= 0.6 is 0 Å². The van der Waals surface area contributed by atoms with E-state index in [0.717, 1.165) is 30.1 Å². The molecule has 0 aromatic heterocycles. The first-order valence-electron chi connectivity index (χ1n) is 8.98. The van der Waals surface area contributed by atoms with Crippen LogP contribution in [0, 0.1) is 0 Å². The van der Waals surface area contributed by atoms with Crippen LogP contribution in [-0.2, 0) is 24.3 Å². The van der Waals surface area contributed by atoms with E-state index in [0.29, 0.717) is 18.7 Å². The normalized spacial score (nSPS) is 11.1. The third-order valence-corrected chi connectivity index (χ3v) is 4.14. The minimum Gasteiger partial charge on any atom is -0.380 e. The van der Waals surface area contributed by atoms with Gasteiger partial charge in [0.05, 0.1) is 6.61 Å². The van der Waals surface area contributed by atoms with Crippen LogP contribution in [0.1, 0.15) is 27.0 Å². The van der Waals surface area contributed by atoms with Crippen molar-refractivity contribution in [2.75, 3.05) is 27.7 Å². The number of carbonyl (C=O) groups excluding carboxylic acids is 1. The fourth-order valence-electron chi connectivity index (χ4n) is 2.66. The Morgan fingerprint density at radius 2 is 1.78 bits per heavy atom. The minimum absolute atomic E-state index is 0.0706. The summed E-state index contributed by atoms with van der Waals surface area (Å²) in [5.41, 5.74) is 4.11. The number of nitrogens with one attached hydrogen (secondary N) is 3. The summed E-state index contributed by atoms with van der Waals surface area (Å²) >= 11 is 0. The summed E-state index contributed by atoms with van der Waals surface area (Å²) in [6, 6.07) is 15.9. The highest BCUT2D eigenvalue weighted by Gasteiger charge is 2.04. The third kappa shape index (κ3) is 6.75. The van der Waals surface area contributed by atoms with E-state index < -0.39 is 0 Å². The van der Waals surface area contributed by atoms with E-state index in [1.165, 1.54) is 5.56 Å². The predicted molar refractivity (Wildman–Crippen MR) is 109 cm³/mol.